The zero-order valence-electron chi connectivity index (χ0n) is 11.8. The highest BCUT2D eigenvalue weighted by atomic mass is 16.2. The van der Waals surface area contributed by atoms with Crippen molar-refractivity contribution in [3.8, 4) is 0 Å². The molecule has 1 fully saturated rings. The summed E-state index contributed by atoms with van der Waals surface area (Å²) in [6.45, 7) is 4.09. The molecule has 1 aliphatic rings. The van der Waals surface area contributed by atoms with E-state index in [9.17, 15) is 4.79 Å². The molecule has 3 N–H and O–H groups in total. The molecular weight excluding hydrogens is 236 g/mol. The van der Waals surface area contributed by atoms with Crippen molar-refractivity contribution in [1.82, 2.24) is 5.32 Å². The van der Waals surface area contributed by atoms with Crippen LogP contribution in [0, 0.1) is 11.8 Å². The highest BCUT2D eigenvalue weighted by molar-refractivity contribution is 5.82. The third-order valence-corrected chi connectivity index (χ3v) is 4.11. The monoisotopic (exact) mass is 260 g/mol. The molecule has 104 valence electrons. The fourth-order valence-electron chi connectivity index (χ4n) is 2.33. The lowest BCUT2D eigenvalue weighted by atomic mass is 9.97. The number of rotatable bonds is 6. The highest BCUT2D eigenvalue weighted by Gasteiger charge is 2.34. The molecular formula is C16H24N2O. The van der Waals surface area contributed by atoms with Crippen molar-refractivity contribution >= 4 is 5.91 Å². The van der Waals surface area contributed by atoms with E-state index in [2.05, 4.69) is 24.4 Å². The Morgan fingerprint density at radius 1 is 1.37 bits per heavy atom. The Morgan fingerprint density at radius 2 is 2.00 bits per heavy atom. The first-order valence-electron chi connectivity index (χ1n) is 7.24. The van der Waals surface area contributed by atoms with Crippen LogP contribution in [0.3, 0.4) is 0 Å². The largest absolute Gasteiger partial charge is 0.348 e. The minimum Gasteiger partial charge on any atom is -0.348 e. The molecule has 0 radical (unpaired) electrons. The molecule has 3 nitrogen and oxygen atoms in total. The van der Waals surface area contributed by atoms with Gasteiger partial charge in [-0.05, 0) is 30.2 Å². The van der Waals surface area contributed by atoms with Crippen LogP contribution in [-0.4, -0.2) is 11.9 Å². The molecule has 2 rings (SSSR count). The van der Waals surface area contributed by atoms with Crippen molar-refractivity contribution in [2.75, 3.05) is 0 Å². The first-order chi connectivity index (χ1) is 9.13. The van der Waals surface area contributed by atoms with Gasteiger partial charge in [0.2, 0.25) is 5.91 Å². The van der Waals surface area contributed by atoms with E-state index in [0.29, 0.717) is 5.92 Å². The maximum absolute atomic E-state index is 12.2. The first-order valence-corrected chi connectivity index (χ1v) is 7.24. The van der Waals surface area contributed by atoms with E-state index in [0.717, 1.165) is 6.42 Å². The quantitative estimate of drug-likeness (QED) is 0.826. The summed E-state index contributed by atoms with van der Waals surface area (Å²) in [5, 5.41) is 3.15. The molecule has 1 aromatic carbocycles. The Morgan fingerprint density at radius 3 is 2.53 bits per heavy atom. The first kappa shape index (κ1) is 14.1. The van der Waals surface area contributed by atoms with E-state index in [1.807, 2.05) is 25.1 Å². The summed E-state index contributed by atoms with van der Waals surface area (Å²) in [6.07, 6.45) is 3.31. The highest BCUT2D eigenvalue weighted by Crippen LogP contribution is 2.40. The molecule has 0 saturated heterocycles. The van der Waals surface area contributed by atoms with Crippen LogP contribution in [0.15, 0.2) is 30.3 Å². The SMILES string of the molecule is CC[C@H](C)[C@H](N)C(=O)NC(c1ccccc1)C1CC1. The van der Waals surface area contributed by atoms with Gasteiger partial charge in [-0.2, -0.15) is 0 Å². The number of amides is 1. The average molecular weight is 260 g/mol. The lowest BCUT2D eigenvalue weighted by Crippen LogP contribution is -2.46. The molecule has 0 heterocycles. The molecule has 0 bridgehead atoms. The third-order valence-electron chi connectivity index (χ3n) is 4.11. The van der Waals surface area contributed by atoms with Crippen LogP contribution < -0.4 is 11.1 Å². The molecule has 3 heteroatoms. The summed E-state index contributed by atoms with van der Waals surface area (Å²) in [7, 11) is 0. The number of hydrogen-bond acceptors (Lipinski definition) is 2. The van der Waals surface area contributed by atoms with E-state index >= 15 is 0 Å². The van der Waals surface area contributed by atoms with Gasteiger partial charge in [-0.1, -0.05) is 50.6 Å². The summed E-state index contributed by atoms with van der Waals surface area (Å²) >= 11 is 0. The maximum Gasteiger partial charge on any atom is 0.237 e. The Hall–Kier alpha value is -1.35. The number of carbonyl (C=O) groups is 1. The number of hydrogen-bond donors (Lipinski definition) is 2. The molecule has 1 aromatic rings. The van der Waals surface area contributed by atoms with Crippen LogP contribution in [0.4, 0.5) is 0 Å². The van der Waals surface area contributed by atoms with Crippen LogP contribution in [-0.2, 0) is 4.79 Å². The molecule has 3 atom stereocenters. The van der Waals surface area contributed by atoms with E-state index < -0.39 is 6.04 Å². The molecule has 0 aliphatic heterocycles. The molecule has 1 saturated carbocycles. The fourth-order valence-corrected chi connectivity index (χ4v) is 2.33. The maximum atomic E-state index is 12.2. The van der Waals surface area contributed by atoms with Gasteiger partial charge in [-0.15, -0.1) is 0 Å². The van der Waals surface area contributed by atoms with Gasteiger partial charge in [0.25, 0.3) is 0 Å². The number of nitrogens with two attached hydrogens (primary N) is 1. The lowest BCUT2D eigenvalue weighted by molar-refractivity contribution is -0.124. The van der Waals surface area contributed by atoms with Gasteiger partial charge in [0.05, 0.1) is 12.1 Å². The number of nitrogens with one attached hydrogen (secondary N) is 1. The Kier molecular flexibility index (Phi) is 4.59. The predicted molar refractivity (Wildman–Crippen MR) is 77.5 cm³/mol. The van der Waals surface area contributed by atoms with Crippen LogP contribution in [0.2, 0.25) is 0 Å². The van der Waals surface area contributed by atoms with Crippen molar-refractivity contribution in [3.63, 3.8) is 0 Å². The standard InChI is InChI=1S/C16H24N2O/c1-3-11(2)14(17)16(19)18-15(13-9-10-13)12-7-5-4-6-8-12/h4-8,11,13-15H,3,9-10,17H2,1-2H3,(H,18,19)/t11-,14-,15?/m0/s1. The summed E-state index contributed by atoms with van der Waals surface area (Å²) in [6, 6.07) is 9.92. The average Bonchev–Trinajstić information content (AvgIpc) is 3.28. The minimum atomic E-state index is -0.407. The summed E-state index contributed by atoms with van der Waals surface area (Å²) in [5.74, 6) is 0.779. The van der Waals surface area contributed by atoms with Gasteiger partial charge in [0.1, 0.15) is 0 Å². The van der Waals surface area contributed by atoms with E-state index in [4.69, 9.17) is 5.73 Å². The second kappa shape index (κ2) is 6.20. The Bertz CT molecular complexity index is 414. The number of carbonyl (C=O) groups excluding carboxylic acids is 1. The van der Waals surface area contributed by atoms with Crippen LogP contribution in [0.1, 0.15) is 44.7 Å². The normalized spacial score (nSPS) is 19.5. The number of benzene rings is 1. The zero-order valence-corrected chi connectivity index (χ0v) is 11.8. The van der Waals surface area contributed by atoms with Crippen LogP contribution in [0.25, 0.3) is 0 Å². The van der Waals surface area contributed by atoms with Gasteiger partial charge >= 0.3 is 0 Å². The molecule has 1 unspecified atom stereocenters. The lowest BCUT2D eigenvalue weighted by Gasteiger charge is -2.23. The summed E-state index contributed by atoms with van der Waals surface area (Å²) in [4.78, 5) is 12.2. The Balaban J connectivity index is 2.04. The van der Waals surface area contributed by atoms with E-state index in [1.165, 1.54) is 18.4 Å². The molecule has 19 heavy (non-hydrogen) atoms. The molecule has 0 aromatic heterocycles. The van der Waals surface area contributed by atoms with Gasteiger partial charge in [0, 0.05) is 0 Å². The van der Waals surface area contributed by atoms with Crippen LogP contribution in [0.5, 0.6) is 0 Å². The van der Waals surface area contributed by atoms with Gasteiger partial charge in [-0.3, -0.25) is 4.79 Å². The minimum absolute atomic E-state index is 0.0184. The van der Waals surface area contributed by atoms with Crippen molar-refractivity contribution in [1.29, 1.82) is 0 Å². The van der Waals surface area contributed by atoms with Gasteiger partial charge < -0.3 is 11.1 Å². The second-order valence-corrected chi connectivity index (χ2v) is 5.65. The van der Waals surface area contributed by atoms with E-state index in [1.54, 1.807) is 0 Å². The van der Waals surface area contributed by atoms with Gasteiger partial charge in [0.15, 0.2) is 0 Å². The van der Waals surface area contributed by atoms with Crippen molar-refractivity contribution < 1.29 is 4.79 Å². The van der Waals surface area contributed by atoms with Crippen molar-refractivity contribution in [2.24, 2.45) is 17.6 Å². The predicted octanol–water partition coefficient (Wildman–Crippen LogP) is 2.63. The van der Waals surface area contributed by atoms with Crippen molar-refractivity contribution in [2.45, 2.75) is 45.2 Å². The summed E-state index contributed by atoms with van der Waals surface area (Å²) < 4.78 is 0. The smallest absolute Gasteiger partial charge is 0.237 e. The Labute approximate surface area is 115 Å². The van der Waals surface area contributed by atoms with Crippen LogP contribution >= 0.6 is 0 Å². The fraction of sp³-hybridized carbons (Fsp3) is 0.562. The zero-order chi connectivity index (χ0) is 13.8. The molecule has 1 amide bonds. The van der Waals surface area contributed by atoms with Gasteiger partial charge in [-0.25, -0.2) is 0 Å². The van der Waals surface area contributed by atoms with E-state index in [-0.39, 0.29) is 17.9 Å². The third kappa shape index (κ3) is 3.57. The molecule has 0 spiro atoms. The topological polar surface area (TPSA) is 55.1 Å². The van der Waals surface area contributed by atoms with Crippen molar-refractivity contribution in [3.05, 3.63) is 35.9 Å². The molecule has 1 aliphatic carbocycles. The summed E-state index contributed by atoms with van der Waals surface area (Å²) in [5.41, 5.74) is 7.20. The second-order valence-electron chi connectivity index (χ2n) is 5.65.